The zero-order valence-electron chi connectivity index (χ0n) is 8.90. The van der Waals surface area contributed by atoms with Crippen molar-refractivity contribution < 1.29 is 0 Å². The lowest BCUT2D eigenvalue weighted by Crippen LogP contribution is -1.97. The molecule has 0 aromatic heterocycles. The Labute approximate surface area is 90.8 Å². The lowest BCUT2D eigenvalue weighted by atomic mass is 10.2. The van der Waals surface area contributed by atoms with E-state index in [1.165, 1.54) is 11.3 Å². The highest BCUT2D eigenvalue weighted by Gasteiger charge is 1.96. The lowest BCUT2D eigenvalue weighted by Gasteiger charge is -2.08. The molecule has 1 nitrogen and oxygen atoms in total. The second kappa shape index (κ2) is 4.65. The lowest BCUT2D eigenvalue weighted by molar-refractivity contribution is 1.22. The van der Waals surface area contributed by atoms with E-state index in [1.54, 1.807) is 0 Å². The molecule has 0 heterocycles. The van der Waals surface area contributed by atoms with Crippen molar-refractivity contribution >= 4 is 5.69 Å². The zero-order chi connectivity index (χ0) is 10.5. The summed E-state index contributed by atoms with van der Waals surface area (Å²) in [6.07, 6.45) is 11.4. The number of allylic oxidation sites excluding steroid dienone is 5. The summed E-state index contributed by atoms with van der Waals surface area (Å²) >= 11 is 0. The van der Waals surface area contributed by atoms with Gasteiger partial charge in [0.2, 0.25) is 0 Å². The molecule has 1 aromatic carbocycles. The van der Waals surface area contributed by atoms with E-state index in [2.05, 4.69) is 60.8 Å². The number of benzene rings is 1. The van der Waals surface area contributed by atoms with Crippen LogP contribution in [-0.2, 0) is 0 Å². The molecule has 1 aliphatic rings. The van der Waals surface area contributed by atoms with Gasteiger partial charge >= 0.3 is 0 Å². The van der Waals surface area contributed by atoms with Gasteiger partial charge in [-0.1, -0.05) is 42.0 Å². The smallest absolute Gasteiger partial charge is 0.0382 e. The Bertz CT molecular complexity index is 407. The molecule has 15 heavy (non-hydrogen) atoms. The summed E-state index contributed by atoms with van der Waals surface area (Å²) in [5, 5.41) is 3.41. The number of hydrogen-bond acceptors (Lipinski definition) is 1. The van der Waals surface area contributed by atoms with Gasteiger partial charge in [-0.25, -0.2) is 0 Å². The number of hydrogen-bond donors (Lipinski definition) is 1. The molecule has 1 aromatic rings. The molecule has 0 fully saturated rings. The minimum absolute atomic E-state index is 0.959. The Morgan fingerprint density at radius 3 is 2.60 bits per heavy atom. The molecule has 0 unspecified atom stereocenters. The van der Waals surface area contributed by atoms with Crippen LogP contribution in [0.1, 0.15) is 12.0 Å². The molecule has 1 N–H and O–H groups in total. The van der Waals surface area contributed by atoms with Gasteiger partial charge in [-0.05, 0) is 25.1 Å². The van der Waals surface area contributed by atoms with Crippen molar-refractivity contribution in [1.29, 1.82) is 0 Å². The van der Waals surface area contributed by atoms with Gasteiger partial charge in [0, 0.05) is 17.8 Å². The first-order valence-electron chi connectivity index (χ1n) is 5.21. The second-order valence-corrected chi connectivity index (χ2v) is 3.70. The van der Waals surface area contributed by atoms with Gasteiger partial charge in [0.25, 0.3) is 0 Å². The van der Waals surface area contributed by atoms with Crippen LogP contribution in [0.3, 0.4) is 0 Å². The molecular weight excluding hydrogens is 182 g/mol. The van der Waals surface area contributed by atoms with Crippen molar-refractivity contribution in [3.05, 3.63) is 65.9 Å². The van der Waals surface area contributed by atoms with Crippen LogP contribution >= 0.6 is 0 Å². The normalized spacial score (nSPS) is 14.6. The maximum absolute atomic E-state index is 3.41. The largest absolute Gasteiger partial charge is 0.359 e. The molecule has 0 saturated heterocycles. The van der Waals surface area contributed by atoms with Gasteiger partial charge in [-0.3, -0.25) is 0 Å². The van der Waals surface area contributed by atoms with E-state index in [1.807, 2.05) is 6.08 Å². The number of nitrogens with one attached hydrogen (secondary N) is 1. The van der Waals surface area contributed by atoms with E-state index < -0.39 is 0 Å². The third-order valence-electron chi connectivity index (χ3n) is 2.35. The minimum atomic E-state index is 0.959. The summed E-state index contributed by atoms with van der Waals surface area (Å²) in [6, 6.07) is 8.44. The summed E-state index contributed by atoms with van der Waals surface area (Å²) in [5.74, 6) is 0. The van der Waals surface area contributed by atoms with Crippen molar-refractivity contribution in [3.8, 4) is 0 Å². The van der Waals surface area contributed by atoms with Crippen LogP contribution < -0.4 is 5.32 Å². The maximum atomic E-state index is 3.41. The molecule has 0 saturated carbocycles. The van der Waals surface area contributed by atoms with Crippen molar-refractivity contribution in [3.63, 3.8) is 0 Å². The van der Waals surface area contributed by atoms with E-state index >= 15 is 0 Å². The summed E-state index contributed by atoms with van der Waals surface area (Å²) < 4.78 is 0. The van der Waals surface area contributed by atoms with Crippen LogP contribution in [0.25, 0.3) is 0 Å². The Hall–Kier alpha value is -1.76. The van der Waals surface area contributed by atoms with E-state index in [0.29, 0.717) is 0 Å². The fourth-order valence-corrected chi connectivity index (χ4v) is 1.49. The average molecular weight is 197 g/mol. The number of rotatable bonds is 2. The van der Waals surface area contributed by atoms with E-state index in [-0.39, 0.29) is 0 Å². The zero-order valence-corrected chi connectivity index (χ0v) is 8.90. The fraction of sp³-hybridized carbons (Fsp3) is 0.143. The summed E-state index contributed by atoms with van der Waals surface area (Å²) in [6.45, 7) is 2.10. The van der Waals surface area contributed by atoms with Crippen LogP contribution in [0.5, 0.6) is 0 Å². The Balaban J connectivity index is 2.08. The highest BCUT2D eigenvalue weighted by Crippen LogP contribution is 2.14. The minimum Gasteiger partial charge on any atom is -0.359 e. The third-order valence-corrected chi connectivity index (χ3v) is 2.35. The van der Waals surface area contributed by atoms with Crippen LogP contribution in [0.15, 0.2) is 60.3 Å². The molecule has 1 heteroatoms. The van der Waals surface area contributed by atoms with Crippen LogP contribution in [0.4, 0.5) is 5.69 Å². The fourth-order valence-electron chi connectivity index (χ4n) is 1.49. The van der Waals surface area contributed by atoms with Crippen molar-refractivity contribution in [1.82, 2.24) is 0 Å². The number of aryl methyl sites for hydroxylation is 1. The van der Waals surface area contributed by atoms with E-state index in [9.17, 15) is 0 Å². The monoisotopic (exact) mass is 197 g/mol. The van der Waals surface area contributed by atoms with Crippen molar-refractivity contribution in [2.45, 2.75) is 13.3 Å². The molecule has 0 aliphatic heterocycles. The summed E-state index contributed by atoms with van der Waals surface area (Å²) in [4.78, 5) is 0. The standard InChI is InChI=1S/C14H15N/c1-12-8-10-14(11-9-12)15-13-6-4-2-3-5-7-13/h2-6,8-11,15H,7H2,1H3. The summed E-state index contributed by atoms with van der Waals surface area (Å²) in [5.41, 5.74) is 3.66. The Morgan fingerprint density at radius 2 is 1.80 bits per heavy atom. The topological polar surface area (TPSA) is 12.0 Å². The van der Waals surface area contributed by atoms with Crippen molar-refractivity contribution in [2.75, 3.05) is 5.32 Å². The van der Waals surface area contributed by atoms with E-state index in [4.69, 9.17) is 0 Å². The highest BCUT2D eigenvalue weighted by atomic mass is 14.9. The first kappa shape index (κ1) is 9.78. The molecule has 1 aliphatic carbocycles. The van der Waals surface area contributed by atoms with Gasteiger partial charge < -0.3 is 5.32 Å². The third kappa shape index (κ3) is 2.84. The quantitative estimate of drug-likeness (QED) is 0.760. The van der Waals surface area contributed by atoms with Crippen LogP contribution in [0, 0.1) is 6.92 Å². The first-order valence-corrected chi connectivity index (χ1v) is 5.21. The molecule has 0 atom stereocenters. The second-order valence-electron chi connectivity index (χ2n) is 3.70. The van der Waals surface area contributed by atoms with Gasteiger partial charge in [0.15, 0.2) is 0 Å². The molecule has 76 valence electrons. The van der Waals surface area contributed by atoms with E-state index in [0.717, 1.165) is 12.1 Å². The van der Waals surface area contributed by atoms with Gasteiger partial charge in [0.1, 0.15) is 0 Å². The molecule has 0 radical (unpaired) electrons. The van der Waals surface area contributed by atoms with Gasteiger partial charge in [-0.15, -0.1) is 0 Å². The summed E-state index contributed by atoms with van der Waals surface area (Å²) in [7, 11) is 0. The predicted molar refractivity (Wildman–Crippen MR) is 65.8 cm³/mol. The predicted octanol–water partition coefficient (Wildman–Crippen LogP) is 3.81. The van der Waals surface area contributed by atoms with Crippen molar-refractivity contribution in [2.24, 2.45) is 0 Å². The highest BCUT2D eigenvalue weighted by molar-refractivity contribution is 5.50. The number of anilines is 1. The van der Waals surface area contributed by atoms with Crippen LogP contribution in [0.2, 0.25) is 0 Å². The SMILES string of the molecule is Cc1ccc(NC2=CC=CC=CC2)cc1. The van der Waals surface area contributed by atoms with Gasteiger partial charge in [0.05, 0.1) is 0 Å². The molecule has 0 amide bonds. The first-order chi connectivity index (χ1) is 7.34. The van der Waals surface area contributed by atoms with Gasteiger partial charge in [-0.2, -0.15) is 0 Å². The Kier molecular flexibility index (Phi) is 3.03. The van der Waals surface area contributed by atoms with Crippen LogP contribution in [-0.4, -0.2) is 0 Å². The Morgan fingerprint density at radius 1 is 1.00 bits per heavy atom. The molecular formula is C14H15N. The maximum Gasteiger partial charge on any atom is 0.0382 e. The average Bonchev–Trinajstić information content (AvgIpc) is 2.50. The molecule has 2 rings (SSSR count). The molecule has 0 bridgehead atoms. The molecule has 0 spiro atoms.